The van der Waals surface area contributed by atoms with Gasteiger partial charge in [-0.25, -0.2) is 0 Å². The second-order valence-corrected chi connectivity index (χ2v) is 5.68. The van der Waals surface area contributed by atoms with Crippen molar-refractivity contribution in [3.8, 4) is 0 Å². The molecule has 0 atom stereocenters. The van der Waals surface area contributed by atoms with Crippen LogP contribution < -0.4 is 5.32 Å². The van der Waals surface area contributed by atoms with Crippen molar-refractivity contribution in [1.82, 2.24) is 9.78 Å². The van der Waals surface area contributed by atoms with Crippen LogP contribution >= 0.6 is 0 Å². The lowest BCUT2D eigenvalue weighted by molar-refractivity contribution is -0.137. The Balaban J connectivity index is 1.98. The van der Waals surface area contributed by atoms with Crippen molar-refractivity contribution in [1.29, 1.82) is 0 Å². The van der Waals surface area contributed by atoms with Crippen LogP contribution in [-0.2, 0) is 20.9 Å². The van der Waals surface area contributed by atoms with Crippen LogP contribution in [0.25, 0.3) is 0 Å². The third-order valence-electron chi connectivity index (χ3n) is 4.15. The van der Waals surface area contributed by atoms with E-state index in [4.69, 9.17) is 9.84 Å². The third-order valence-corrected chi connectivity index (χ3v) is 4.15. The molecule has 1 amide bonds. The molecule has 0 saturated heterocycles. The Labute approximate surface area is 129 Å². The summed E-state index contributed by atoms with van der Waals surface area (Å²) in [5.41, 5.74) is -0.383. The van der Waals surface area contributed by atoms with Crippen molar-refractivity contribution >= 4 is 17.7 Å². The number of aromatic nitrogens is 2. The maximum atomic E-state index is 12.6. The highest BCUT2D eigenvalue weighted by atomic mass is 16.5. The molecule has 0 bridgehead atoms. The van der Waals surface area contributed by atoms with Crippen LogP contribution in [0.2, 0.25) is 0 Å². The lowest BCUT2D eigenvalue weighted by atomic mass is 9.82. The number of hydrogen-bond donors (Lipinski definition) is 2. The molecule has 122 valence electrons. The number of ether oxygens (including phenoxy) is 1. The predicted molar refractivity (Wildman–Crippen MR) is 80.5 cm³/mol. The number of carbonyl (C=O) groups excluding carboxylic acids is 1. The molecule has 2 N–H and O–H groups in total. The first kappa shape index (κ1) is 16.5. The summed E-state index contributed by atoms with van der Waals surface area (Å²) in [7, 11) is 0. The van der Waals surface area contributed by atoms with E-state index in [-0.39, 0.29) is 17.9 Å². The van der Waals surface area contributed by atoms with Crippen LogP contribution in [0.5, 0.6) is 0 Å². The molecule has 1 heterocycles. The summed E-state index contributed by atoms with van der Waals surface area (Å²) in [5.74, 6) is -0.607. The number of anilines is 1. The fourth-order valence-electron chi connectivity index (χ4n) is 2.96. The maximum Gasteiger partial charge on any atom is 0.325 e. The summed E-state index contributed by atoms with van der Waals surface area (Å²) in [6.07, 6.45) is 6.08. The minimum absolute atomic E-state index is 0.0368. The molecule has 1 aromatic heterocycles. The van der Waals surface area contributed by atoms with Gasteiger partial charge in [0, 0.05) is 25.5 Å². The largest absolute Gasteiger partial charge is 0.480 e. The minimum atomic E-state index is -0.968. The average molecular weight is 309 g/mol. The second-order valence-electron chi connectivity index (χ2n) is 5.68. The first-order chi connectivity index (χ1) is 10.6. The van der Waals surface area contributed by atoms with E-state index >= 15 is 0 Å². The van der Waals surface area contributed by atoms with Gasteiger partial charge < -0.3 is 15.2 Å². The minimum Gasteiger partial charge on any atom is -0.480 e. The topological polar surface area (TPSA) is 93.5 Å². The smallest absolute Gasteiger partial charge is 0.325 e. The van der Waals surface area contributed by atoms with Gasteiger partial charge in [0.25, 0.3) is 0 Å². The van der Waals surface area contributed by atoms with E-state index in [1.807, 2.05) is 6.92 Å². The Morgan fingerprint density at radius 1 is 1.45 bits per heavy atom. The van der Waals surface area contributed by atoms with Gasteiger partial charge in [-0.1, -0.05) is 12.8 Å². The van der Waals surface area contributed by atoms with Gasteiger partial charge in [0.2, 0.25) is 5.91 Å². The number of nitrogens with zero attached hydrogens (tertiary/aromatic N) is 2. The van der Waals surface area contributed by atoms with Gasteiger partial charge in [-0.05, 0) is 26.2 Å². The van der Waals surface area contributed by atoms with Crippen LogP contribution in [0.4, 0.5) is 5.82 Å². The van der Waals surface area contributed by atoms with E-state index in [9.17, 15) is 9.59 Å². The molecule has 0 unspecified atom stereocenters. The molecule has 1 aliphatic rings. The molecule has 22 heavy (non-hydrogen) atoms. The van der Waals surface area contributed by atoms with Crippen LogP contribution in [0.15, 0.2) is 12.3 Å². The van der Waals surface area contributed by atoms with Crippen molar-refractivity contribution in [3.05, 3.63) is 12.3 Å². The SMILES string of the molecule is CCOCCC1(C(=O)Nc2ccn(CC(=O)O)n2)CCCC1. The number of carboxylic acids is 1. The molecule has 0 aromatic carbocycles. The van der Waals surface area contributed by atoms with Gasteiger partial charge in [0.05, 0.1) is 5.41 Å². The molecule has 1 fully saturated rings. The first-order valence-corrected chi connectivity index (χ1v) is 7.70. The van der Waals surface area contributed by atoms with Crippen molar-refractivity contribution in [2.45, 2.75) is 45.6 Å². The van der Waals surface area contributed by atoms with Gasteiger partial charge >= 0.3 is 5.97 Å². The highest BCUT2D eigenvalue weighted by molar-refractivity contribution is 5.94. The number of carbonyl (C=O) groups is 2. The third kappa shape index (κ3) is 4.07. The zero-order chi connectivity index (χ0) is 16.0. The van der Waals surface area contributed by atoms with Gasteiger partial charge in [-0.3, -0.25) is 14.3 Å². The lowest BCUT2D eigenvalue weighted by Crippen LogP contribution is -2.35. The Morgan fingerprint density at radius 3 is 2.82 bits per heavy atom. The number of nitrogens with one attached hydrogen (secondary N) is 1. The molecular weight excluding hydrogens is 286 g/mol. The van der Waals surface area contributed by atoms with E-state index in [0.29, 0.717) is 25.5 Å². The van der Waals surface area contributed by atoms with Crippen molar-refractivity contribution in [2.75, 3.05) is 18.5 Å². The summed E-state index contributed by atoms with van der Waals surface area (Å²) in [4.78, 5) is 23.3. The summed E-state index contributed by atoms with van der Waals surface area (Å²) in [6, 6.07) is 1.62. The van der Waals surface area contributed by atoms with Crippen LogP contribution in [0, 0.1) is 5.41 Å². The van der Waals surface area contributed by atoms with E-state index < -0.39 is 5.97 Å². The molecule has 1 saturated carbocycles. The molecule has 0 radical (unpaired) electrons. The molecule has 7 heteroatoms. The molecule has 1 aliphatic carbocycles. The Kier molecular flexibility index (Phi) is 5.54. The van der Waals surface area contributed by atoms with Crippen molar-refractivity contribution in [2.24, 2.45) is 5.41 Å². The van der Waals surface area contributed by atoms with Gasteiger partial charge in [-0.15, -0.1) is 0 Å². The fraction of sp³-hybridized carbons (Fsp3) is 0.667. The molecule has 7 nitrogen and oxygen atoms in total. The Bertz CT molecular complexity index is 521. The fourth-order valence-corrected chi connectivity index (χ4v) is 2.96. The molecule has 1 aromatic rings. The van der Waals surface area contributed by atoms with E-state index in [1.54, 1.807) is 12.3 Å². The second kappa shape index (κ2) is 7.40. The van der Waals surface area contributed by atoms with Gasteiger partial charge in [0.1, 0.15) is 6.54 Å². The normalized spacial score (nSPS) is 16.6. The number of hydrogen-bond acceptors (Lipinski definition) is 4. The van der Waals surface area contributed by atoms with Crippen LogP contribution in [0.1, 0.15) is 39.0 Å². The first-order valence-electron chi connectivity index (χ1n) is 7.70. The average Bonchev–Trinajstić information content (AvgIpc) is 3.09. The van der Waals surface area contributed by atoms with E-state index in [2.05, 4.69) is 10.4 Å². The Hall–Kier alpha value is -1.89. The lowest BCUT2D eigenvalue weighted by Gasteiger charge is -2.27. The highest BCUT2D eigenvalue weighted by Crippen LogP contribution is 2.42. The van der Waals surface area contributed by atoms with E-state index in [0.717, 1.165) is 25.7 Å². The summed E-state index contributed by atoms with van der Waals surface area (Å²) in [6.45, 7) is 2.95. The van der Waals surface area contributed by atoms with Crippen molar-refractivity contribution in [3.63, 3.8) is 0 Å². The zero-order valence-corrected chi connectivity index (χ0v) is 12.9. The summed E-state index contributed by atoms with van der Waals surface area (Å²) in [5, 5.41) is 15.6. The molecule has 0 aliphatic heterocycles. The van der Waals surface area contributed by atoms with Gasteiger partial charge in [0.15, 0.2) is 5.82 Å². The monoisotopic (exact) mass is 309 g/mol. The number of rotatable bonds is 8. The molecular formula is C15H23N3O4. The molecule has 0 spiro atoms. The highest BCUT2D eigenvalue weighted by Gasteiger charge is 2.40. The van der Waals surface area contributed by atoms with E-state index in [1.165, 1.54) is 4.68 Å². The molecule has 2 rings (SSSR count). The zero-order valence-electron chi connectivity index (χ0n) is 12.9. The van der Waals surface area contributed by atoms with Crippen LogP contribution in [0.3, 0.4) is 0 Å². The summed E-state index contributed by atoms with van der Waals surface area (Å²) < 4.78 is 6.69. The van der Waals surface area contributed by atoms with Crippen LogP contribution in [-0.4, -0.2) is 40.0 Å². The van der Waals surface area contributed by atoms with Crippen molar-refractivity contribution < 1.29 is 19.4 Å². The summed E-state index contributed by atoms with van der Waals surface area (Å²) >= 11 is 0. The number of aliphatic carboxylic acids is 1. The predicted octanol–water partition coefficient (Wildman–Crippen LogP) is 1.89. The Morgan fingerprint density at radius 2 is 2.18 bits per heavy atom. The maximum absolute atomic E-state index is 12.6. The number of carboxylic acid groups (broad SMARTS) is 1. The van der Waals surface area contributed by atoms with Gasteiger partial charge in [-0.2, -0.15) is 5.10 Å². The number of amides is 1. The quantitative estimate of drug-likeness (QED) is 0.715. The standard InChI is InChI=1S/C15H23N3O4/c1-2-22-10-8-15(6-3-4-7-15)14(21)16-12-5-9-18(17-12)11-13(19)20/h5,9H,2-4,6-8,10-11H2,1H3,(H,19,20)(H,16,17,21).